The van der Waals surface area contributed by atoms with Gasteiger partial charge in [-0.25, -0.2) is 0 Å². The van der Waals surface area contributed by atoms with Gasteiger partial charge in [0, 0.05) is 24.6 Å². The topological polar surface area (TPSA) is 69.6 Å². The van der Waals surface area contributed by atoms with Gasteiger partial charge in [0.25, 0.3) is 0 Å². The summed E-state index contributed by atoms with van der Waals surface area (Å²) in [5, 5.41) is 22.0. The zero-order valence-corrected chi connectivity index (χ0v) is 8.45. The highest BCUT2D eigenvalue weighted by Crippen LogP contribution is 2.35. The molecule has 1 heterocycles. The summed E-state index contributed by atoms with van der Waals surface area (Å²) in [4.78, 5) is 11.7. The molecule has 2 rings (SSSR count). The van der Waals surface area contributed by atoms with Gasteiger partial charge < -0.3 is 15.5 Å². The predicted octanol–water partition coefficient (Wildman–Crippen LogP) is 1.87. The second-order valence-electron chi connectivity index (χ2n) is 3.76. The molecule has 0 aromatic heterocycles. The number of anilines is 1. The number of fused-ring (bicyclic) bond motifs is 1. The summed E-state index contributed by atoms with van der Waals surface area (Å²) in [6, 6.07) is 2.74. The van der Waals surface area contributed by atoms with Gasteiger partial charge in [0.1, 0.15) is 11.5 Å². The summed E-state index contributed by atoms with van der Waals surface area (Å²) in [6.07, 6.45) is 1.23. The fourth-order valence-electron chi connectivity index (χ4n) is 1.86. The van der Waals surface area contributed by atoms with Crippen molar-refractivity contribution in [2.75, 3.05) is 5.32 Å². The number of ketones is 1. The van der Waals surface area contributed by atoms with Crippen molar-refractivity contribution in [1.29, 1.82) is 0 Å². The lowest BCUT2D eigenvalue weighted by atomic mass is 9.94. The van der Waals surface area contributed by atoms with E-state index in [4.69, 9.17) is 0 Å². The Kier molecular flexibility index (Phi) is 2.26. The summed E-state index contributed by atoms with van der Waals surface area (Å²) >= 11 is 0. The summed E-state index contributed by atoms with van der Waals surface area (Å²) in [6.45, 7) is 1.98. The van der Waals surface area contributed by atoms with Crippen LogP contribution in [0.5, 0.6) is 11.5 Å². The lowest BCUT2D eigenvalue weighted by Crippen LogP contribution is -2.28. The van der Waals surface area contributed by atoms with Crippen molar-refractivity contribution < 1.29 is 15.0 Å². The molecule has 4 heteroatoms. The quantitative estimate of drug-likeness (QED) is 0.657. The monoisotopic (exact) mass is 207 g/mol. The fraction of sp³-hybridized carbons (Fsp3) is 0.364. The highest BCUT2D eigenvalue weighted by atomic mass is 16.3. The van der Waals surface area contributed by atoms with Gasteiger partial charge in [0.2, 0.25) is 0 Å². The molecule has 0 spiro atoms. The van der Waals surface area contributed by atoms with Crippen LogP contribution in [0.2, 0.25) is 0 Å². The molecular formula is C11H13NO3. The molecule has 3 N–H and O–H groups in total. The minimum atomic E-state index is -0.156. The van der Waals surface area contributed by atoms with Crippen molar-refractivity contribution in [3.63, 3.8) is 0 Å². The van der Waals surface area contributed by atoms with Crippen LogP contribution < -0.4 is 5.32 Å². The molecule has 0 saturated carbocycles. The maximum atomic E-state index is 11.7. The van der Waals surface area contributed by atoms with E-state index in [9.17, 15) is 15.0 Å². The maximum absolute atomic E-state index is 11.7. The Balaban J connectivity index is 2.50. The number of benzene rings is 1. The van der Waals surface area contributed by atoms with Gasteiger partial charge >= 0.3 is 0 Å². The Morgan fingerprint density at radius 3 is 2.87 bits per heavy atom. The van der Waals surface area contributed by atoms with Gasteiger partial charge in [-0.3, -0.25) is 4.79 Å². The van der Waals surface area contributed by atoms with Crippen molar-refractivity contribution in [3.8, 4) is 11.5 Å². The number of rotatable bonds is 1. The SMILES string of the molecule is CCC1CC(=O)c2c(O)cc(O)cc2N1. The van der Waals surface area contributed by atoms with Crippen molar-refractivity contribution in [2.45, 2.75) is 25.8 Å². The Bertz CT molecular complexity index is 415. The van der Waals surface area contributed by atoms with Crippen LogP contribution in [0.15, 0.2) is 12.1 Å². The smallest absolute Gasteiger partial charge is 0.170 e. The van der Waals surface area contributed by atoms with Gasteiger partial charge in [-0.15, -0.1) is 0 Å². The van der Waals surface area contributed by atoms with E-state index in [-0.39, 0.29) is 28.9 Å². The molecule has 0 aliphatic carbocycles. The minimum Gasteiger partial charge on any atom is -0.508 e. The van der Waals surface area contributed by atoms with Crippen LogP contribution in [0.3, 0.4) is 0 Å². The molecule has 80 valence electrons. The van der Waals surface area contributed by atoms with Crippen LogP contribution >= 0.6 is 0 Å². The Morgan fingerprint density at radius 1 is 1.47 bits per heavy atom. The fourth-order valence-corrected chi connectivity index (χ4v) is 1.86. The number of carbonyl (C=O) groups excluding carboxylic acids is 1. The first-order chi connectivity index (χ1) is 7.11. The molecule has 1 aromatic carbocycles. The molecule has 1 aromatic rings. The van der Waals surface area contributed by atoms with E-state index in [1.807, 2.05) is 6.92 Å². The van der Waals surface area contributed by atoms with E-state index in [0.717, 1.165) is 6.42 Å². The Labute approximate surface area is 87.6 Å². The third-order valence-corrected chi connectivity index (χ3v) is 2.67. The first-order valence-corrected chi connectivity index (χ1v) is 4.97. The van der Waals surface area contributed by atoms with E-state index < -0.39 is 0 Å². The van der Waals surface area contributed by atoms with Crippen LogP contribution in [0.1, 0.15) is 30.1 Å². The molecule has 1 atom stereocenters. The lowest BCUT2D eigenvalue weighted by molar-refractivity contribution is 0.0969. The Hall–Kier alpha value is -1.71. The van der Waals surface area contributed by atoms with Gasteiger partial charge in [-0.1, -0.05) is 6.92 Å². The average molecular weight is 207 g/mol. The molecule has 0 amide bonds. The molecule has 0 saturated heterocycles. The van der Waals surface area contributed by atoms with Crippen LogP contribution in [0, 0.1) is 0 Å². The van der Waals surface area contributed by atoms with Crippen LogP contribution in [0.4, 0.5) is 5.69 Å². The molecule has 15 heavy (non-hydrogen) atoms. The molecule has 1 aliphatic heterocycles. The lowest BCUT2D eigenvalue weighted by Gasteiger charge is -2.25. The number of carbonyl (C=O) groups is 1. The summed E-state index contributed by atoms with van der Waals surface area (Å²) in [7, 11) is 0. The number of hydrogen-bond donors (Lipinski definition) is 3. The summed E-state index contributed by atoms with van der Waals surface area (Å²) < 4.78 is 0. The van der Waals surface area contributed by atoms with Crippen LogP contribution in [-0.4, -0.2) is 22.0 Å². The molecule has 1 aliphatic rings. The molecular weight excluding hydrogens is 194 g/mol. The van der Waals surface area contributed by atoms with Gasteiger partial charge in [0.05, 0.1) is 11.3 Å². The van der Waals surface area contributed by atoms with E-state index in [2.05, 4.69) is 5.32 Å². The molecule has 0 bridgehead atoms. The zero-order chi connectivity index (χ0) is 11.0. The Morgan fingerprint density at radius 2 is 2.20 bits per heavy atom. The maximum Gasteiger partial charge on any atom is 0.170 e. The second kappa shape index (κ2) is 3.46. The number of aromatic hydroxyl groups is 2. The highest BCUT2D eigenvalue weighted by molar-refractivity contribution is 6.06. The zero-order valence-electron chi connectivity index (χ0n) is 8.45. The van der Waals surface area contributed by atoms with Crippen molar-refractivity contribution in [1.82, 2.24) is 0 Å². The van der Waals surface area contributed by atoms with Gasteiger partial charge in [0.15, 0.2) is 5.78 Å². The van der Waals surface area contributed by atoms with Crippen molar-refractivity contribution in [3.05, 3.63) is 17.7 Å². The summed E-state index contributed by atoms with van der Waals surface area (Å²) in [5.74, 6) is -0.270. The molecule has 0 radical (unpaired) electrons. The number of Topliss-reactive ketones (excluding diaryl/α,β-unsaturated/α-hetero) is 1. The first-order valence-electron chi connectivity index (χ1n) is 4.97. The first kappa shape index (κ1) is 9.83. The van der Waals surface area contributed by atoms with Crippen LogP contribution in [-0.2, 0) is 0 Å². The van der Waals surface area contributed by atoms with Crippen molar-refractivity contribution >= 4 is 11.5 Å². The summed E-state index contributed by atoms with van der Waals surface area (Å²) in [5.41, 5.74) is 0.813. The average Bonchev–Trinajstić information content (AvgIpc) is 2.15. The third-order valence-electron chi connectivity index (χ3n) is 2.67. The van der Waals surface area contributed by atoms with E-state index in [0.29, 0.717) is 12.1 Å². The standard InChI is InChI=1S/C11H13NO3/c1-2-6-3-9(14)11-8(12-6)4-7(13)5-10(11)15/h4-6,12-13,15H,2-3H2,1H3. The normalized spacial score (nSPS) is 19.5. The molecule has 1 unspecified atom stereocenters. The number of hydrogen-bond acceptors (Lipinski definition) is 4. The van der Waals surface area contributed by atoms with E-state index >= 15 is 0 Å². The minimum absolute atomic E-state index is 0.0386. The number of nitrogens with one attached hydrogen (secondary N) is 1. The third kappa shape index (κ3) is 1.63. The highest BCUT2D eigenvalue weighted by Gasteiger charge is 2.26. The predicted molar refractivity (Wildman–Crippen MR) is 56.4 cm³/mol. The number of phenols is 2. The van der Waals surface area contributed by atoms with Crippen molar-refractivity contribution in [2.24, 2.45) is 0 Å². The van der Waals surface area contributed by atoms with Gasteiger partial charge in [-0.05, 0) is 6.42 Å². The van der Waals surface area contributed by atoms with E-state index in [1.54, 1.807) is 0 Å². The number of phenolic OH excluding ortho intramolecular Hbond substituents is 2. The second-order valence-corrected chi connectivity index (χ2v) is 3.76. The molecule has 0 fully saturated rings. The van der Waals surface area contributed by atoms with Gasteiger partial charge in [-0.2, -0.15) is 0 Å². The van der Waals surface area contributed by atoms with Crippen LogP contribution in [0.25, 0.3) is 0 Å². The molecule has 4 nitrogen and oxygen atoms in total. The largest absolute Gasteiger partial charge is 0.508 e. The van der Waals surface area contributed by atoms with E-state index in [1.165, 1.54) is 12.1 Å².